The van der Waals surface area contributed by atoms with Crippen molar-refractivity contribution in [1.29, 1.82) is 0 Å². The first-order chi connectivity index (χ1) is 24.0. The van der Waals surface area contributed by atoms with Crippen LogP contribution in [0.5, 0.6) is 0 Å². The molecule has 0 radical (unpaired) electrons. The molecule has 0 aliphatic carbocycles. The Bertz CT molecular complexity index is 1280. The highest BCUT2D eigenvalue weighted by molar-refractivity contribution is 9.10. The Balaban J connectivity index is 0.000000763. The number of rotatable bonds is 4. The van der Waals surface area contributed by atoms with Gasteiger partial charge < -0.3 is 19.3 Å². The molecule has 51 heavy (non-hydrogen) atoms. The first kappa shape index (κ1) is 47.6. The van der Waals surface area contributed by atoms with Gasteiger partial charge in [0.05, 0.1) is 13.0 Å². The number of halogens is 1. The fourth-order valence-corrected chi connectivity index (χ4v) is 5.26. The second kappa shape index (κ2) is 24.7. The van der Waals surface area contributed by atoms with Crippen molar-refractivity contribution in [3.05, 3.63) is 70.7 Å². The van der Waals surface area contributed by atoms with E-state index in [0.29, 0.717) is 31.7 Å². The number of nitrogens with zero attached hydrogens (tertiary/aromatic N) is 3. The lowest BCUT2D eigenvalue weighted by molar-refractivity contribution is -0.174. The lowest BCUT2D eigenvalue weighted by Gasteiger charge is -2.34. The third-order valence-corrected chi connectivity index (χ3v) is 7.77. The molecular formula is C40H64BrN3O7. The maximum atomic E-state index is 12.5. The molecule has 2 atom stereocenters. The third-order valence-electron chi connectivity index (χ3n) is 7.24. The first-order valence-electron chi connectivity index (χ1n) is 18.1. The van der Waals surface area contributed by atoms with Crippen LogP contribution in [0.25, 0.3) is 0 Å². The molecule has 2 aliphatic rings. The van der Waals surface area contributed by atoms with Crippen LogP contribution in [0, 0.1) is 11.8 Å². The lowest BCUT2D eigenvalue weighted by atomic mass is 9.90. The van der Waals surface area contributed by atoms with Crippen molar-refractivity contribution in [2.24, 2.45) is 11.8 Å². The lowest BCUT2D eigenvalue weighted by Crippen LogP contribution is -2.47. The Hall–Kier alpha value is -3.44. The predicted octanol–water partition coefficient (Wildman–Crippen LogP) is 9.67. The van der Waals surface area contributed by atoms with Gasteiger partial charge >= 0.3 is 12.2 Å². The Morgan fingerprint density at radius 3 is 1.45 bits per heavy atom. The molecule has 0 saturated carbocycles. The molecule has 2 aromatic rings. The molecule has 0 spiro atoms. The molecule has 2 fully saturated rings. The molecule has 10 nitrogen and oxygen atoms in total. The number of hydrogen-bond acceptors (Lipinski definition) is 7. The van der Waals surface area contributed by atoms with Crippen molar-refractivity contribution < 1.29 is 33.5 Å². The Morgan fingerprint density at radius 2 is 1.08 bits per heavy atom. The normalized spacial score (nSPS) is 16.8. The predicted molar refractivity (Wildman–Crippen MR) is 208 cm³/mol. The third kappa shape index (κ3) is 19.7. The molecule has 2 saturated heterocycles. The molecule has 2 aromatic carbocycles. The summed E-state index contributed by atoms with van der Waals surface area (Å²) < 4.78 is 11.8. The maximum Gasteiger partial charge on any atom is 0.410 e. The van der Waals surface area contributed by atoms with Gasteiger partial charge in [-0.05, 0) is 79.4 Å². The van der Waals surface area contributed by atoms with Gasteiger partial charge in [-0.2, -0.15) is 0 Å². The van der Waals surface area contributed by atoms with Gasteiger partial charge in [0.25, 0.3) is 5.91 Å². The first-order valence-corrected chi connectivity index (χ1v) is 18.9. The zero-order valence-corrected chi connectivity index (χ0v) is 34.7. The molecule has 2 aliphatic heterocycles. The highest BCUT2D eigenvalue weighted by Gasteiger charge is 2.33. The number of Topliss-reactive ketones (excluding diaryl/α,β-unsaturated/α-hetero) is 1. The van der Waals surface area contributed by atoms with Gasteiger partial charge in [0, 0.05) is 49.2 Å². The molecule has 11 heteroatoms. The molecule has 0 aromatic heterocycles. The number of piperidine rings is 2. The molecule has 0 N–H and O–H groups in total. The number of benzene rings is 2. The van der Waals surface area contributed by atoms with Gasteiger partial charge in [0.1, 0.15) is 11.2 Å². The number of carbonyl (C=O) groups excluding carboxylic acids is 4. The minimum atomic E-state index is -0.517. The number of likely N-dealkylation sites (tertiary alicyclic amines) is 2. The van der Waals surface area contributed by atoms with E-state index in [4.69, 9.17) is 14.3 Å². The Morgan fingerprint density at radius 1 is 0.686 bits per heavy atom. The zero-order chi connectivity index (χ0) is 39.2. The van der Waals surface area contributed by atoms with E-state index in [1.807, 2.05) is 130 Å². The summed E-state index contributed by atoms with van der Waals surface area (Å²) in [4.78, 5) is 56.7. The van der Waals surface area contributed by atoms with Crippen LogP contribution in [0.15, 0.2) is 65.1 Å². The molecule has 3 amide bonds. The van der Waals surface area contributed by atoms with Crippen LogP contribution in [0.1, 0.15) is 105 Å². The van der Waals surface area contributed by atoms with Crippen LogP contribution in [-0.2, 0) is 19.1 Å². The molecular weight excluding hydrogens is 714 g/mol. The number of ether oxygens (including phenoxy) is 2. The summed E-state index contributed by atoms with van der Waals surface area (Å²) in [5.74, 6) is -0.334. The molecule has 0 bridgehead atoms. The van der Waals surface area contributed by atoms with Crippen LogP contribution in [0.4, 0.5) is 9.59 Å². The van der Waals surface area contributed by atoms with Crippen molar-refractivity contribution >= 4 is 39.8 Å². The largest absolute Gasteiger partial charge is 0.444 e. The summed E-state index contributed by atoms with van der Waals surface area (Å²) >= 11 is 3.31. The number of amides is 3. The molecule has 288 valence electrons. The quantitative estimate of drug-likeness (QED) is 0.225. The van der Waals surface area contributed by atoms with Gasteiger partial charge in [0.2, 0.25) is 0 Å². The summed E-state index contributed by atoms with van der Waals surface area (Å²) in [5.41, 5.74) is -0.307. The van der Waals surface area contributed by atoms with Crippen LogP contribution in [-0.4, -0.2) is 90.3 Å². The summed E-state index contributed by atoms with van der Waals surface area (Å²) in [5, 5.41) is 1.21. The van der Waals surface area contributed by atoms with E-state index in [9.17, 15) is 19.2 Å². The van der Waals surface area contributed by atoms with E-state index in [1.54, 1.807) is 16.8 Å². The van der Waals surface area contributed by atoms with Gasteiger partial charge in [-0.25, -0.2) is 14.7 Å². The van der Waals surface area contributed by atoms with E-state index >= 15 is 0 Å². The average molecular weight is 779 g/mol. The van der Waals surface area contributed by atoms with E-state index in [1.165, 1.54) is 12.2 Å². The van der Waals surface area contributed by atoms with E-state index < -0.39 is 11.2 Å². The van der Waals surface area contributed by atoms with Gasteiger partial charge in [0.15, 0.2) is 5.78 Å². The maximum absolute atomic E-state index is 12.5. The minimum Gasteiger partial charge on any atom is -0.444 e. The number of hydroxylamine groups is 2. The molecule has 2 unspecified atom stereocenters. The smallest absolute Gasteiger partial charge is 0.410 e. The van der Waals surface area contributed by atoms with E-state index in [2.05, 4.69) is 15.9 Å². The SMILES string of the molecule is Brc1ccccc1.CC.CC.CC(C)(C)OC(=O)N1CCCC(C(=O)c2ccccc2)C1.CON(C)C(=O)C1CCCN(C(=O)OC(C)(C)C)C1. The van der Waals surface area contributed by atoms with Crippen molar-refractivity contribution in [3.8, 4) is 0 Å². The molecule has 2 heterocycles. The Labute approximate surface area is 316 Å². The second-order valence-electron chi connectivity index (χ2n) is 13.6. The van der Waals surface area contributed by atoms with E-state index in [0.717, 1.165) is 30.2 Å². The molecule has 4 rings (SSSR count). The van der Waals surface area contributed by atoms with Crippen LogP contribution >= 0.6 is 15.9 Å². The van der Waals surface area contributed by atoms with Crippen LogP contribution < -0.4 is 0 Å². The second-order valence-corrected chi connectivity index (χ2v) is 14.5. The zero-order valence-electron chi connectivity index (χ0n) is 33.2. The summed E-state index contributed by atoms with van der Waals surface area (Å²) in [6, 6.07) is 19.2. The number of carbonyl (C=O) groups is 4. The van der Waals surface area contributed by atoms with Gasteiger partial charge in [-0.3, -0.25) is 14.4 Å². The van der Waals surface area contributed by atoms with Crippen LogP contribution in [0.2, 0.25) is 0 Å². The monoisotopic (exact) mass is 777 g/mol. The van der Waals surface area contributed by atoms with Crippen molar-refractivity contribution in [1.82, 2.24) is 14.9 Å². The minimum absolute atomic E-state index is 0.101. The fourth-order valence-electron chi connectivity index (χ4n) is 4.95. The van der Waals surface area contributed by atoms with Crippen molar-refractivity contribution in [2.45, 2.75) is 106 Å². The Kier molecular flexibility index (Phi) is 23.0. The van der Waals surface area contributed by atoms with E-state index in [-0.39, 0.29) is 35.7 Å². The van der Waals surface area contributed by atoms with Crippen molar-refractivity contribution in [3.63, 3.8) is 0 Å². The summed E-state index contributed by atoms with van der Waals surface area (Å²) in [6.45, 7) is 21.2. The standard InChI is InChI=1S/C17H23NO3.C13H24N2O4.C6H5Br.2C2H6/c1-17(2,3)21-16(20)18-11-7-10-14(12-18)15(19)13-8-5-4-6-9-13;1-13(2,3)19-12(17)15-8-6-7-10(9-15)11(16)14(4)18-5;7-6-4-2-1-3-5-6;2*1-2/h4-6,8-9,14H,7,10-12H2,1-3H3;10H,6-9H2,1-5H3;1-5H;2*1-2H3. The van der Waals surface area contributed by atoms with Crippen LogP contribution in [0.3, 0.4) is 0 Å². The average Bonchev–Trinajstić information content (AvgIpc) is 3.12. The van der Waals surface area contributed by atoms with Gasteiger partial charge in [-0.1, -0.05) is 92.2 Å². The number of ketones is 1. The number of hydrogen-bond donors (Lipinski definition) is 0. The highest BCUT2D eigenvalue weighted by atomic mass is 79.9. The fraction of sp³-hybridized carbons (Fsp3) is 0.600. The topological polar surface area (TPSA) is 106 Å². The van der Waals surface area contributed by atoms with Gasteiger partial charge in [-0.15, -0.1) is 0 Å². The summed E-state index contributed by atoms with van der Waals surface area (Å²) in [7, 11) is 3.03. The highest BCUT2D eigenvalue weighted by Crippen LogP contribution is 2.23. The summed E-state index contributed by atoms with van der Waals surface area (Å²) in [6.07, 6.45) is 2.55. The van der Waals surface area contributed by atoms with Crippen molar-refractivity contribution in [2.75, 3.05) is 40.3 Å².